The summed E-state index contributed by atoms with van der Waals surface area (Å²) in [4.78, 5) is 3.11. The van der Waals surface area contributed by atoms with E-state index in [0.29, 0.717) is 5.41 Å². The first-order valence-electron chi connectivity index (χ1n) is 7.73. The summed E-state index contributed by atoms with van der Waals surface area (Å²) < 4.78 is 0. The van der Waals surface area contributed by atoms with Crippen LogP contribution in [0.4, 0.5) is 0 Å². The average molecular weight is 269 g/mol. The van der Waals surface area contributed by atoms with Crippen LogP contribution in [-0.4, -0.2) is 4.98 Å². The number of H-pyrrole nitrogens is 1. The molecule has 1 aromatic heterocycles. The lowest BCUT2D eigenvalue weighted by Crippen LogP contribution is -2.22. The summed E-state index contributed by atoms with van der Waals surface area (Å²) in [5.74, 6) is 0.755. The van der Waals surface area contributed by atoms with E-state index in [1.807, 2.05) is 12.4 Å². The van der Waals surface area contributed by atoms with Crippen LogP contribution in [0.25, 0.3) is 11.1 Å². The van der Waals surface area contributed by atoms with E-state index in [4.69, 9.17) is 0 Å². The van der Waals surface area contributed by atoms with Crippen molar-refractivity contribution in [3.05, 3.63) is 48.3 Å². The molecule has 0 bridgehead atoms. The maximum absolute atomic E-state index is 3.11. The van der Waals surface area contributed by atoms with Gasteiger partial charge in [0.1, 0.15) is 0 Å². The second kappa shape index (κ2) is 6.30. The largest absolute Gasteiger partial charge is 0.367 e. The third-order valence-electron chi connectivity index (χ3n) is 4.23. The first-order valence-corrected chi connectivity index (χ1v) is 7.73. The lowest BCUT2D eigenvalue weighted by Gasteiger charge is -2.30. The van der Waals surface area contributed by atoms with E-state index in [1.54, 1.807) is 0 Å². The third kappa shape index (κ3) is 3.75. The molecule has 0 radical (unpaired) electrons. The van der Waals surface area contributed by atoms with Gasteiger partial charge in [0.05, 0.1) is 0 Å². The number of aromatic amines is 1. The molecule has 0 spiro atoms. The normalized spacial score (nSPS) is 13.4. The number of nitrogens with one attached hydrogen (secondary N) is 1. The molecule has 0 aliphatic heterocycles. The molecule has 1 atom stereocenters. The lowest BCUT2D eigenvalue weighted by atomic mass is 9.75. The number of hydrogen-bond acceptors (Lipinski definition) is 0. The van der Waals surface area contributed by atoms with Crippen molar-refractivity contribution in [1.29, 1.82) is 0 Å². The fourth-order valence-corrected chi connectivity index (χ4v) is 2.81. The summed E-state index contributed by atoms with van der Waals surface area (Å²) in [6, 6.07) is 11.2. The molecular formula is C19H27N. The third-order valence-corrected chi connectivity index (χ3v) is 4.23. The Morgan fingerprint density at radius 3 is 2.20 bits per heavy atom. The van der Waals surface area contributed by atoms with Crippen LogP contribution in [0.1, 0.15) is 46.1 Å². The quantitative estimate of drug-likeness (QED) is 0.718. The maximum atomic E-state index is 3.11. The molecule has 0 aliphatic carbocycles. The molecule has 1 aromatic carbocycles. The second-order valence-electron chi connectivity index (χ2n) is 6.85. The zero-order valence-electron chi connectivity index (χ0n) is 13.2. The van der Waals surface area contributed by atoms with Gasteiger partial charge in [-0.3, -0.25) is 0 Å². The highest BCUT2D eigenvalue weighted by molar-refractivity contribution is 5.62. The molecule has 2 rings (SSSR count). The molecule has 1 N–H and O–H groups in total. The van der Waals surface area contributed by atoms with Crippen molar-refractivity contribution >= 4 is 0 Å². The van der Waals surface area contributed by atoms with Crippen LogP contribution in [0, 0.1) is 11.3 Å². The summed E-state index contributed by atoms with van der Waals surface area (Å²) in [6.07, 6.45) is 7.78. The van der Waals surface area contributed by atoms with Crippen molar-refractivity contribution in [2.24, 2.45) is 11.3 Å². The van der Waals surface area contributed by atoms with Crippen LogP contribution in [0.15, 0.2) is 42.7 Å². The minimum absolute atomic E-state index is 0.384. The Labute approximate surface area is 123 Å². The van der Waals surface area contributed by atoms with Gasteiger partial charge in [-0.15, -0.1) is 0 Å². The van der Waals surface area contributed by atoms with Gasteiger partial charge < -0.3 is 4.98 Å². The summed E-state index contributed by atoms with van der Waals surface area (Å²) >= 11 is 0. The SMILES string of the molecule is CCCC(Cc1ccc(-c2cc[nH]c2)cc1)C(C)(C)C. The van der Waals surface area contributed by atoms with Gasteiger partial charge in [-0.1, -0.05) is 58.4 Å². The lowest BCUT2D eigenvalue weighted by molar-refractivity contribution is 0.222. The fraction of sp³-hybridized carbons (Fsp3) is 0.474. The first kappa shape index (κ1) is 14.9. The molecule has 1 heteroatoms. The Bertz CT molecular complexity index is 500. The highest BCUT2D eigenvalue weighted by Gasteiger charge is 2.23. The Balaban J connectivity index is 2.10. The smallest absolute Gasteiger partial charge is 0.00841 e. The number of rotatable bonds is 5. The molecule has 0 saturated carbocycles. The number of aromatic nitrogens is 1. The summed E-state index contributed by atoms with van der Waals surface area (Å²) in [7, 11) is 0. The van der Waals surface area contributed by atoms with Crippen molar-refractivity contribution in [1.82, 2.24) is 4.98 Å². The van der Waals surface area contributed by atoms with E-state index < -0.39 is 0 Å². The summed E-state index contributed by atoms with van der Waals surface area (Å²) in [5.41, 5.74) is 4.39. The predicted octanol–water partition coefficient (Wildman–Crippen LogP) is 5.69. The predicted molar refractivity (Wildman–Crippen MR) is 87.8 cm³/mol. The van der Waals surface area contributed by atoms with Crippen LogP contribution in [-0.2, 0) is 6.42 Å². The molecule has 0 fully saturated rings. The molecule has 20 heavy (non-hydrogen) atoms. The number of benzene rings is 1. The Morgan fingerprint density at radius 2 is 1.70 bits per heavy atom. The maximum Gasteiger partial charge on any atom is 0.00841 e. The molecule has 1 heterocycles. The molecule has 1 unspecified atom stereocenters. The minimum atomic E-state index is 0.384. The van der Waals surface area contributed by atoms with Crippen LogP contribution in [0.5, 0.6) is 0 Å². The van der Waals surface area contributed by atoms with Gasteiger partial charge in [0, 0.05) is 12.4 Å². The van der Waals surface area contributed by atoms with Gasteiger partial charge in [0.2, 0.25) is 0 Å². The molecule has 108 valence electrons. The first-order chi connectivity index (χ1) is 9.50. The Kier molecular flexibility index (Phi) is 4.69. The molecule has 2 aromatic rings. The molecule has 0 saturated heterocycles. The highest BCUT2D eigenvalue weighted by atomic mass is 14.6. The zero-order chi connectivity index (χ0) is 14.6. The zero-order valence-corrected chi connectivity index (χ0v) is 13.2. The van der Waals surface area contributed by atoms with Gasteiger partial charge in [-0.25, -0.2) is 0 Å². The molecule has 0 amide bonds. The van der Waals surface area contributed by atoms with E-state index in [-0.39, 0.29) is 0 Å². The van der Waals surface area contributed by atoms with Crippen molar-refractivity contribution in [2.75, 3.05) is 0 Å². The van der Waals surface area contributed by atoms with Gasteiger partial charge >= 0.3 is 0 Å². The number of hydrogen-bond donors (Lipinski definition) is 1. The fourth-order valence-electron chi connectivity index (χ4n) is 2.81. The average Bonchev–Trinajstić information content (AvgIpc) is 2.92. The van der Waals surface area contributed by atoms with Gasteiger partial charge in [-0.05, 0) is 46.9 Å². The molecule has 1 nitrogen and oxygen atoms in total. The van der Waals surface area contributed by atoms with Crippen molar-refractivity contribution in [3.63, 3.8) is 0 Å². The summed E-state index contributed by atoms with van der Waals surface area (Å²) in [6.45, 7) is 9.37. The van der Waals surface area contributed by atoms with Gasteiger partial charge in [-0.2, -0.15) is 0 Å². The van der Waals surface area contributed by atoms with E-state index in [9.17, 15) is 0 Å². The minimum Gasteiger partial charge on any atom is -0.367 e. The van der Waals surface area contributed by atoms with Crippen molar-refractivity contribution in [3.8, 4) is 11.1 Å². The van der Waals surface area contributed by atoms with E-state index in [1.165, 1.54) is 36.0 Å². The van der Waals surface area contributed by atoms with Crippen LogP contribution < -0.4 is 0 Å². The van der Waals surface area contributed by atoms with Crippen LogP contribution >= 0.6 is 0 Å². The van der Waals surface area contributed by atoms with Crippen LogP contribution in [0.3, 0.4) is 0 Å². The van der Waals surface area contributed by atoms with E-state index in [2.05, 4.69) is 63.0 Å². The topological polar surface area (TPSA) is 15.8 Å². The molecular weight excluding hydrogens is 242 g/mol. The van der Waals surface area contributed by atoms with Crippen molar-refractivity contribution < 1.29 is 0 Å². The van der Waals surface area contributed by atoms with Gasteiger partial charge in [0.25, 0.3) is 0 Å². The summed E-state index contributed by atoms with van der Waals surface area (Å²) in [5, 5.41) is 0. The van der Waals surface area contributed by atoms with Crippen molar-refractivity contribution in [2.45, 2.75) is 47.0 Å². The standard InChI is InChI=1S/C19H27N/c1-5-6-18(19(2,3)4)13-15-7-9-16(10-8-15)17-11-12-20-14-17/h7-12,14,18,20H,5-6,13H2,1-4H3. The Morgan fingerprint density at radius 1 is 1.00 bits per heavy atom. The highest BCUT2D eigenvalue weighted by Crippen LogP contribution is 2.33. The second-order valence-corrected chi connectivity index (χ2v) is 6.85. The Hall–Kier alpha value is -1.50. The molecule has 0 aliphatic rings. The van der Waals surface area contributed by atoms with Gasteiger partial charge in [0.15, 0.2) is 0 Å². The van der Waals surface area contributed by atoms with E-state index >= 15 is 0 Å². The van der Waals surface area contributed by atoms with Crippen LogP contribution in [0.2, 0.25) is 0 Å². The monoisotopic (exact) mass is 269 g/mol. The van der Waals surface area contributed by atoms with E-state index in [0.717, 1.165) is 5.92 Å².